The average Bonchev–Trinajstić information content (AvgIpc) is 2.63. The van der Waals surface area contributed by atoms with E-state index < -0.39 is 0 Å². The average molecular weight is 356 g/mol. The predicted molar refractivity (Wildman–Crippen MR) is 105 cm³/mol. The number of carbonyl (C=O) groups is 1. The molecule has 1 aliphatic heterocycles. The van der Waals surface area contributed by atoms with Crippen LogP contribution in [-0.4, -0.2) is 30.9 Å². The smallest absolute Gasteiger partial charge is 0.243 e. The number of benzene rings is 2. The summed E-state index contributed by atoms with van der Waals surface area (Å²) in [6.45, 7) is 6.05. The Hall–Kier alpha value is -2.14. The highest BCUT2D eigenvalue weighted by molar-refractivity contribution is 8.00. The Labute approximate surface area is 153 Å². The molecule has 1 unspecified atom stereocenters. The van der Waals surface area contributed by atoms with Gasteiger partial charge in [0.05, 0.1) is 18.8 Å². The van der Waals surface area contributed by atoms with Crippen LogP contribution in [0, 0.1) is 0 Å². The lowest BCUT2D eigenvalue weighted by atomic mass is 10.2. The van der Waals surface area contributed by atoms with E-state index in [-0.39, 0.29) is 5.91 Å². The minimum Gasteiger partial charge on any atom is -0.494 e. The molecule has 0 bridgehead atoms. The van der Waals surface area contributed by atoms with Gasteiger partial charge in [-0.2, -0.15) is 0 Å². The van der Waals surface area contributed by atoms with Gasteiger partial charge in [0.25, 0.3) is 0 Å². The third-order valence-electron chi connectivity index (χ3n) is 4.16. The minimum absolute atomic E-state index is 0.000663. The number of amides is 1. The molecule has 0 spiro atoms. The van der Waals surface area contributed by atoms with Crippen LogP contribution in [0.3, 0.4) is 0 Å². The second-order valence-corrected chi connectivity index (χ2v) is 7.34. The van der Waals surface area contributed by atoms with Crippen molar-refractivity contribution in [3.8, 4) is 5.75 Å². The van der Waals surface area contributed by atoms with E-state index in [2.05, 4.69) is 35.3 Å². The Bertz CT molecular complexity index is 718. The number of nitrogens with one attached hydrogen (secondary N) is 1. The second kappa shape index (κ2) is 8.30. The summed E-state index contributed by atoms with van der Waals surface area (Å²) in [5.74, 6) is 0.814. The molecule has 3 rings (SSSR count). The van der Waals surface area contributed by atoms with Crippen molar-refractivity contribution in [3.05, 3.63) is 48.5 Å². The molecule has 4 nitrogen and oxygen atoms in total. The van der Waals surface area contributed by atoms with Gasteiger partial charge in [-0.3, -0.25) is 4.79 Å². The van der Waals surface area contributed by atoms with E-state index in [1.807, 2.05) is 49.0 Å². The van der Waals surface area contributed by atoms with Gasteiger partial charge in [0.2, 0.25) is 5.91 Å². The molecule has 25 heavy (non-hydrogen) atoms. The second-order valence-electron chi connectivity index (χ2n) is 6.00. The highest BCUT2D eigenvalue weighted by Gasteiger charge is 2.25. The van der Waals surface area contributed by atoms with Gasteiger partial charge in [-0.25, -0.2) is 0 Å². The monoisotopic (exact) mass is 356 g/mol. The summed E-state index contributed by atoms with van der Waals surface area (Å²) >= 11 is 1.91. The first-order valence-corrected chi connectivity index (χ1v) is 9.61. The van der Waals surface area contributed by atoms with E-state index in [0.29, 0.717) is 18.4 Å². The third-order valence-corrected chi connectivity index (χ3v) is 5.58. The summed E-state index contributed by atoms with van der Waals surface area (Å²) in [6.07, 6.45) is 1.09. The van der Waals surface area contributed by atoms with Gasteiger partial charge in [0.15, 0.2) is 0 Å². The zero-order chi connectivity index (χ0) is 17.6. The van der Waals surface area contributed by atoms with E-state index in [1.165, 1.54) is 4.90 Å². The number of hydrogen-bond acceptors (Lipinski definition) is 4. The normalized spacial score (nSPS) is 16.2. The first-order chi connectivity index (χ1) is 12.2. The molecule has 0 radical (unpaired) electrons. The molecule has 5 heteroatoms. The van der Waals surface area contributed by atoms with Gasteiger partial charge < -0.3 is 15.0 Å². The predicted octanol–water partition coefficient (Wildman–Crippen LogP) is 4.41. The van der Waals surface area contributed by atoms with Crippen molar-refractivity contribution in [1.82, 2.24) is 0 Å². The lowest BCUT2D eigenvalue weighted by Crippen LogP contribution is -2.40. The van der Waals surface area contributed by atoms with Crippen LogP contribution in [0.4, 0.5) is 11.4 Å². The van der Waals surface area contributed by atoms with Crippen LogP contribution in [0.15, 0.2) is 53.4 Å². The highest BCUT2D eigenvalue weighted by Crippen LogP contribution is 2.39. The molecule has 132 valence electrons. The molecule has 0 fully saturated rings. The molecule has 0 saturated carbocycles. The Morgan fingerprint density at radius 2 is 1.96 bits per heavy atom. The molecule has 1 amide bonds. The summed E-state index contributed by atoms with van der Waals surface area (Å²) in [4.78, 5) is 15.9. The number of carbonyl (C=O) groups excluding carboxylic acids is 1. The number of thioether (sulfide) groups is 1. The van der Waals surface area contributed by atoms with Crippen LogP contribution in [-0.2, 0) is 4.79 Å². The van der Waals surface area contributed by atoms with E-state index in [9.17, 15) is 4.79 Å². The number of anilines is 2. The maximum atomic E-state index is 12.5. The number of fused-ring (bicyclic) bond motifs is 1. The fourth-order valence-corrected chi connectivity index (χ4v) is 4.17. The van der Waals surface area contributed by atoms with Crippen molar-refractivity contribution in [2.45, 2.75) is 30.4 Å². The topological polar surface area (TPSA) is 41.6 Å². The molecule has 0 saturated heterocycles. The van der Waals surface area contributed by atoms with Gasteiger partial charge in [-0.1, -0.05) is 19.1 Å². The molecule has 1 aliphatic rings. The van der Waals surface area contributed by atoms with Gasteiger partial charge in [-0.05, 0) is 49.7 Å². The van der Waals surface area contributed by atoms with Crippen molar-refractivity contribution in [2.24, 2.45) is 0 Å². The SMILES string of the molecule is CCOc1ccc(NC(=O)CN2CC(CC)Sc3ccccc32)cc1. The number of rotatable bonds is 6. The van der Waals surface area contributed by atoms with Gasteiger partial charge >= 0.3 is 0 Å². The quantitative estimate of drug-likeness (QED) is 0.832. The van der Waals surface area contributed by atoms with E-state index in [4.69, 9.17) is 4.74 Å². The molecule has 2 aromatic rings. The Morgan fingerprint density at radius 1 is 1.20 bits per heavy atom. The van der Waals surface area contributed by atoms with E-state index in [0.717, 1.165) is 30.1 Å². The van der Waals surface area contributed by atoms with Crippen molar-refractivity contribution in [3.63, 3.8) is 0 Å². The summed E-state index contributed by atoms with van der Waals surface area (Å²) < 4.78 is 5.43. The number of nitrogens with zero attached hydrogens (tertiary/aromatic N) is 1. The number of hydrogen-bond donors (Lipinski definition) is 1. The fourth-order valence-electron chi connectivity index (χ4n) is 2.92. The minimum atomic E-state index is 0.000663. The van der Waals surface area contributed by atoms with Crippen LogP contribution < -0.4 is 15.0 Å². The Morgan fingerprint density at radius 3 is 2.68 bits per heavy atom. The molecular weight excluding hydrogens is 332 g/mol. The number of ether oxygens (including phenoxy) is 1. The summed E-state index contributed by atoms with van der Waals surface area (Å²) in [5.41, 5.74) is 1.94. The largest absolute Gasteiger partial charge is 0.494 e. The molecule has 1 heterocycles. The highest BCUT2D eigenvalue weighted by atomic mass is 32.2. The zero-order valence-corrected chi connectivity index (χ0v) is 15.5. The van der Waals surface area contributed by atoms with Crippen LogP contribution in [0.2, 0.25) is 0 Å². The van der Waals surface area contributed by atoms with Crippen LogP contribution in [0.25, 0.3) is 0 Å². The molecule has 2 aromatic carbocycles. The first kappa shape index (κ1) is 17.7. The molecule has 0 aromatic heterocycles. The summed E-state index contributed by atoms with van der Waals surface area (Å²) in [6, 6.07) is 15.8. The van der Waals surface area contributed by atoms with Gasteiger partial charge in [-0.15, -0.1) is 11.8 Å². The maximum Gasteiger partial charge on any atom is 0.243 e. The lowest BCUT2D eigenvalue weighted by Gasteiger charge is -2.34. The van der Waals surface area contributed by atoms with Crippen molar-refractivity contribution in [2.75, 3.05) is 29.9 Å². The Kier molecular flexibility index (Phi) is 5.87. The van der Waals surface area contributed by atoms with Crippen molar-refractivity contribution in [1.29, 1.82) is 0 Å². The summed E-state index contributed by atoms with van der Waals surface area (Å²) in [5, 5.41) is 3.50. The zero-order valence-electron chi connectivity index (χ0n) is 14.7. The van der Waals surface area contributed by atoms with Crippen LogP contribution in [0.1, 0.15) is 20.3 Å². The molecule has 0 aliphatic carbocycles. The standard InChI is InChI=1S/C20H24N2O2S/c1-3-17-13-22(18-7-5-6-8-19(18)25-17)14-20(23)21-15-9-11-16(12-10-15)24-4-2/h5-12,17H,3-4,13-14H2,1-2H3,(H,21,23). The summed E-state index contributed by atoms with van der Waals surface area (Å²) in [7, 11) is 0. The van der Waals surface area contributed by atoms with Crippen LogP contribution >= 0.6 is 11.8 Å². The molecule has 1 N–H and O–H groups in total. The first-order valence-electron chi connectivity index (χ1n) is 8.73. The third kappa shape index (κ3) is 4.48. The van der Waals surface area contributed by atoms with Crippen molar-refractivity contribution >= 4 is 29.0 Å². The molecular formula is C20H24N2O2S. The van der Waals surface area contributed by atoms with Gasteiger partial charge in [0, 0.05) is 22.4 Å². The Balaban J connectivity index is 1.66. The van der Waals surface area contributed by atoms with Crippen LogP contribution in [0.5, 0.6) is 5.75 Å². The van der Waals surface area contributed by atoms with Crippen molar-refractivity contribution < 1.29 is 9.53 Å². The molecule has 1 atom stereocenters. The van der Waals surface area contributed by atoms with E-state index in [1.54, 1.807) is 0 Å². The lowest BCUT2D eigenvalue weighted by molar-refractivity contribution is -0.115. The van der Waals surface area contributed by atoms with E-state index >= 15 is 0 Å². The number of para-hydroxylation sites is 1. The fraction of sp³-hybridized carbons (Fsp3) is 0.350. The van der Waals surface area contributed by atoms with Gasteiger partial charge in [0.1, 0.15) is 5.75 Å². The maximum absolute atomic E-state index is 12.5.